The zero-order chi connectivity index (χ0) is 42.7. The zero-order valence-electron chi connectivity index (χ0n) is 33.1. The number of imide groups is 1. The molecule has 8 rings (SSSR count). The molecule has 0 radical (unpaired) electrons. The third-order valence-electron chi connectivity index (χ3n) is 11.2. The van der Waals surface area contributed by atoms with Gasteiger partial charge in [0, 0.05) is 69.0 Å². The minimum Gasteiger partial charge on any atom is -0.491 e. The molecule has 0 bridgehead atoms. The van der Waals surface area contributed by atoms with Gasteiger partial charge in [-0.15, -0.1) is 0 Å². The average molecular weight is 840 g/mol. The van der Waals surface area contributed by atoms with Gasteiger partial charge in [0.05, 0.1) is 36.4 Å². The van der Waals surface area contributed by atoms with Crippen LogP contribution in [0, 0.1) is 0 Å². The normalized spacial score (nSPS) is 17.5. The van der Waals surface area contributed by atoms with Gasteiger partial charge in [-0.2, -0.15) is 13.2 Å². The number of carbonyl (C=O) groups excluding carboxylic acids is 4. The average Bonchev–Trinajstić information content (AvgIpc) is 3.77. The highest BCUT2D eigenvalue weighted by atomic mass is 19.4. The molecule has 4 amide bonds. The first-order chi connectivity index (χ1) is 29.4. The van der Waals surface area contributed by atoms with Crippen molar-refractivity contribution in [2.24, 2.45) is 0 Å². The van der Waals surface area contributed by atoms with Gasteiger partial charge in [-0.3, -0.25) is 44.2 Å². The second kappa shape index (κ2) is 17.8. The topological polar surface area (TPSA) is 159 Å². The summed E-state index contributed by atoms with van der Waals surface area (Å²) in [5.41, 5.74) is 3.89. The Labute approximate surface area is 348 Å². The minimum absolute atomic E-state index is 0.146. The van der Waals surface area contributed by atoms with Crippen LogP contribution in [0.5, 0.6) is 5.75 Å². The molecule has 0 spiro atoms. The maximum absolute atomic E-state index is 13.4. The lowest BCUT2D eigenvalue weighted by molar-refractivity contribution is -0.138. The third kappa shape index (κ3) is 9.44. The number of nitrogens with one attached hydrogen (secondary N) is 2. The number of alkyl halides is 3. The van der Waals surface area contributed by atoms with Gasteiger partial charge in [-0.05, 0) is 83.8 Å². The van der Waals surface area contributed by atoms with Crippen LogP contribution >= 0.6 is 0 Å². The Balaban J connectivity index is 0.811. The van der Waals surface area contributed by atoms with Crippen LogP contribution in [0.2, 0.25) is 0 Å². The molecule has 3 aliphatic heterocycles. The van der Waals surface area contributed by atoms with Gasteiger partial charge in [0.15, 0.2) is 0 Å². The smallest absolute Gasteiger partial charge is 0.416 e. The lowest BCUT2D eigenvalue weighted by Crippen LogP contribution is -2.52. The number of carbonyl (C=O) groups is 4. The Morgan fingerprint density at radius 2 is 1.66 bits per heavy atom. The number of anilines is 1. The number of fused-ring (bicyclic) bond motifs is 2. The summed E-state index contributed by atoms with van der Waals surface area (Å²) >= 11 is 0. The summed E-state index contributed by atoms with van der Waals surface area (Å²) in [5, 5.41) is 14.6. The SMILES string of the molecule is O=C1CCC(N2Cc3cc(OCCOCCN4CCN(Cc5ccc6c(c5)nc(NC(=O)c5cccc(C(F)(F)F)c5)n6-c5ccc(CO)cc5)CC4)ccc3C2=O)C(=O)N1. The summed E-state index contributed by atoms with van der Waals surface area (Å²) in [6, 6.07) is 21.8. The van der Waals surface area contributed by atoms with Gasteiger partial charge in [0.2, 0.25) is 17.8 Å². The molecule has 3 aliphatic rings. The number of piperazine rings is 1. The van der Waals surface area contributed by atoms with E-state index >= 15 is 0 Å². The number of halogens is 3. The van der Waals surface area contributed by atoms with E-state index in [-0.39, 0.29) is 42.9 Å². The zero-order valence-corrected chi connectivity index (χ0v) is 33.1. The standard InChI is InChI=1S/C44H44F3N7O7/c45-44(46,47)32-3-1-2-30(23-32)40(57)50-43-48-36-22-29(6-11-37(36)54(43)33-7-4-28(27-55)5-8-33)25-52-16-14-51(15-17-52)18-19-60-20-21-61-34-9-10-35-31(24-34)26-53(42(35)59)38-12-13-39(56)49-41(38)58/h1-11,22-24,38,55H,12-21,25-27H2,(H,48,50,57)(H,49,56,58). The highest BCUT2D eigenvalue weighted by molar-refractivity contribution is 6.06. The second-order valence-corrected chi connectivity index (χ2v) is 15.2. The number of aliphatic hydroxyl groups is 1. The van der Waals surface area contributed by atoms with E-state index in [9.17, 15) is 37.5 Å². The van der Waals surface area contributed by atoms with Crippen molar-refractivity contribution >= 4 is 40.6 Å². The van der Waals surface area contributed by atoms with Crippen molar-refractivity contribution in [2.75, 3.05) is 57.9 Å². The van der Waals surface area contributed by atoms with Crippen molar-refractivity contribution in [1.82, 2.24) is 29.6 Å². The van der Waals surface area contributed by atoms with Crippen LogP contribution < -0.4 is 15.4 Å². The molecule has 1 unspecified atom stereocenters. The molecule has 5 aromatic rings. The van der Waals surface area contributed by atoms with Crippen LogP contribution in [0.3, 0.4) is 0 Å². The van der Waals surface area contributed by atoms with Gasteiger partial charge in [-0.1, -0.05) is 24.3 Å². The number of nitrogens with zero attached hydrogens (tertiary/aromatic N) is 5. The second-order valence-electron chi connectivity index (χ2n) is 15.2. The van der Waals surface area contributed by atoms with E-state index in [4.69, 9.17) is 14.5 Å². The molecule has 0 saturated carbocycles. The molecule has 2 fully saturated rings. The van der Waals surface area contributed by atoms with E-state index < -0.39 is 29.6 Å². The lowest BCUT2D eigenvalue weighted by Gasteiger charge is -2.34. The Hall–Kier alpha value is -6.14. The van der Waals surface area contributed by atoms with Crippen LogP contribution in [0.15, 0.2) is 84.9 Å². The quantitative estimate of drug-likeness (QED) is 0.105. The molecule has 61 heavy (non-hydrogen) atoms. The maximum atomic E-state index is 13.4. The number of piperidine rings is 1. The minimum atomic E-state index is -4.60. The first-order valence-corrected chi connectivity index (χ1v) is 20.1. The fourth-order valence-corrected chi connectivity index (χ4v) is 7.91. The summed E-state index contributed by atoms with van der Waals surface area (Å²) in [4.78, 5) is 61.0. The molecule has 3 N–H and O–H groups in total. The molecular weight excluding hydrogens is 796 g/mol. The molecule has 17 heteroatoms. The van der Waals surface area contributed by atoms with Crippen LogP contribution in [0.4, 0.5) is 19.1 Å². The number of aliphatic hydroxyl groups excluding tert-OH is 1. The maximum Gasteiger partial charge on any atom is 0.416 e. The fraction of sp³-hybridized carbons (Fsp3) is 0.341. The van der Waals surface area contributed by atoms with Crippen LogP contribution in [0.25, 0.3) is 16.7 Å². The first-order valence-electron chi connectivity index (χ1n) is 20.1. The third-order valence-corrected chi connectivity index (χ3v) is 11.2. The van der Waals surface area contributed by atoms with Gasteiger partial charge in [0.1, 0.15) is 18.4 Å². The van der Waals surface area contributed by atoms with E-state index in [1.165, 1.54) is 17.0 Å². The Morgan fingerprint density at radius 3 is 2.41 bits per heavy atom. The summed E-state index contributed by atoms with van der Waals surface area (Å²) < 4.78 is 53.7. The monoisotopic (exact) mass is 839 g/mol. The van der Waals surface area contributed by atoms with E-state index in [0.29, 0.717) is 66.4 Å². The lowest BCUT2D eigenvalue weighted by atomic mass is 10.0. The predicted octanol–water partition coefficient (Wildman–Crippen LogP) is 4.76. The number of benzene rings is 4. The Morgan fingerprint density at radius 1 is 0.885 bits per heavy atom. The van der Waals surface area contributed by atoms with E-state index in [1.807, 2.05) is 24.3 Å². The van der Waals surface area contributed by atoms with Gasteiger partial charge in [-0.25, -0.2) is 4.98 Å². The first kappa shape index (κ1) is 41.6. The van der Waals surface area contributed by atoms with Crippen molar-refractivity contribution in [3.05, 3.63) is 118 Å². The van der Waals surface area contributed by atoms with Crippen molar-refractivity contribution in [3.8, 4) is 11.4 Å². The Kier molecular flexibility index (Phi) is 12.2. The van der Waals surface area contributed by atoms with Crippen molar-refractivity contribution in [2.45, 2.75) is 44.8 Å². The van der Waals surface area contributed by atoms with Crippen LogP contribution in [-0.4, -0.2) is 112 Å². The van der Waals surface area contributed by atoms with Gasteiger partial charge in [0.25, 0.3) is 11.8 Å². The van der Waals surface area contributed by atoms with Gasteiger partial charge >= 0.3 is 6.18 Å². The highest BCUT2D eigenvalue weighted by Crippen LogP contribution is 2.32. The molecule has 1 atom stereocenters. The summed E-state index contributed by atoms with van der Waals surface area (Å²) in [5.74, 6) is -0.968. The van der Waals surface area contributed by atoms with E-state index in [1.54, 1.807) is 41.0 Å². The molecular formula is C44H44F3N7O7. The number of ether oxygens (including phenoxy) is 2. The molecule has 4 aromatic carbocycles. The number of aromatic nitrogens is 2. The summed E-state index contributed by atoms with van der Waals surface area (Å²) in [7, 11) is 0. The summed E-state index contributed by atoms with van der Waals surface area (Å²) in [6.07, 6.45) is -4.09. The van der Waals surface area contributed by atoms with Gasteiger partial charge < -0.3 is 19.5 Å². The molecule has 0 aliphatic carbocycles. The number of rotatable bonds is 14. The number of hydrogen-bond donors (Lipinski definition) is 3. The van der Waals surface area contributed by atoms with Crippen LogP contribution in [-0.2, 0) is 40.2 Å². The fourth-order valence-electron chi connectivity index (χ4n) is 7.91. The van der Waals surface area contributed by atoms with Crippen molar-refractivity contribution < 1.29 is 46.9 Å². The highest BCUT2D eigenvalue weighted by Gasteiger charge is 2.39. The molecule has 2 saturated heterocycles. The molecule has 14 nitrogen and oxygen atoms in total. The van der Waals surface area contributed by atoms with Crippen LogP contribution in [0.1, 0.15) is 55.8 Å². The number of imidazole rings is 1. The summed E-state index contributed by atoms with van der Waals surface area (Å²) in [6.45, 7) is 6.23. The Bertz CT molecular complexity index is 2450. The molecule has 318 valence electrons. The largest absolute Gasteiger partial charge is 0.491 e. The predicted molar refractivity (Wildman–Crippen MR) is 217 cm³/mol. The number of hydrogen-bond acceptors (Lipinski definition) is 10. The number of amides is 4. The van der Waals surface area contributed by atoms with Crippen molar-refractivity contribution in [3.63, 3.8) is 0 Å². The van der Waals surface area contributed by atoms with E-state index in [0.717, 1.165) is 56.0 Å². The molecule has 1 aromatic heterocycles. The molecule has 4 heterocycles. The van der Waals surface area contributed by atoms with Crippen molar-refractivity contribution in [1.29, 1.82) is 0 Å². The van der Waals surface area contributed by atoms with E-state index in [2.05, 4.69) is 20.4 Å².